The van der Waals surface area contributed by atoms with Crippen LogP contribution in [0.5, 0.6) is 5.75 Å². The van der Waals surface area contributed by atoms with Gasteiger partial charge in [0.1, 0.15) is 18.2 Å². The summed E-state index contributed by atoms with van der Waals surface area (Å²) in [6.45, 7) is 0.558. The second-order valence-electron chi connectivity index (χ2n) is 4.05. The highest BCUT2D eigenvalue weighted by atomic mass is 19.1. The lowest BCUT2D eigenvalue weighted by Crippen LogP contribution is -2.00. The smallest absolute Gasteiger partial charge is 0.129 e. The minimum absolute atomic E-state index is 0.0866. The Balaban J connectivity index is 2.07. The summed E-state index contributed by atoms with van der Waals surface area (Å²) in [5.41, 5.74) is 7.28. The van der Waals surface area contributed by atoms with Crippen molar-refractivity contribution in [3.05, 3.63) is 65.0 Å². The van der Waals surface area contributed by atoms with E-state index in [9.17, 15) is 4.39 Å². The van der Waals surface area contributed by atoms with E-state index >= 15 is 0 Å². The van der Waals surface area contributed by atoms with Gasteiger partial charge in [0.15, 0.2) is 0 Å². The molecule has 2 N–H and O–H groups in total. The minimum Gasteiger partial charge on any atom is -0.489 e. The Morgan fingerprint density at radius 2 is 1.89 bits per heavy atom. The SMILES string of the molecule is N#Cc1ccc(F)c(COc2ccc(CN)cc2)c1. The van der Waals surface area contributed by atoms with Crippen molar-refractivity contribution >= 4 is 0 Å². The summed E-state index contributed by atoms with van der Waals surface area (Å²) in [6, 6.07) is 13.5. The van der Waals surface area contributed by atoms with E-state index in [1.807, 2.05) is 18.2 Å². The summed E-state index contributed by atoms with van der Waals surface area (Å²) in [6.07, 6.45) is 0. The third-order valence-electron chi connectivity index (χ3n) is 2.73. The monoisotopic (exact) mass is 256 g/mol. The van der Waals surface area contributed by atoms with Crippen molar-refractivity contribution in [1.82, 2.24) is 0 Å². The Morgan fingerprint density at radius 3 is 2.53 bits per heavy atom. The number of nitrogens with zero attached hydrogens (tertiary/aromatic N) is 1. The van der Waals surface area contributed by atoms with Gasteiger partial charge in [-0.2, -0.15) is 5.26 Å². The first-order chi connectivity index (χ1) is 9.22. The summed E-state index contributed by atoms with van der Waals surface area (Å²) in [7, 11) is 0. The standard InChI is InChI=1S/C15H13FN2O/c16-15-6-3-12(9-18)7-13(15)10-19-14-4-1-11(8-17)2-5-14/h1-7H,8,10,17H2. The van der Waals surface area contributed by atoms with Gasteiger partial charge >= 0.3 is 0 Å². The first-order valence-electron chi connectivity index (χ1n) is 5.83. The van der Waals surface area contributed by atoms with Crippen LogP contribution in [0.15, 0.2) is 42.5 Å². The summed E-state index contributed by atoms with van der Waals surface area (Å²) < 4.78 is 19.0. The number of hydrogen-bond donors (Lipinski definition) is 1. The molecule has 0 bridgehead atoms. The van der Waals surface area contributed by atoms with E-state index in [0.29, 0.717) is 23.4 Å². The van der Waals surface area contributed by atoms with Crippen LogP contribution >= 0.6 is 0 Å². The maximum absolute atomic E-state index is 13.5. The third-order valence-corrected chi connectivity index (χ3v) is 2.73. The Bertz CT molecular complexity index is 603. The lowest BCUT2D eigenvalue weighted by molar-refractivity contribution is 0.299. The van der Waals surface area contributed by atoms with E-state index in [-0.39, 0.29) is 12.4 Å². The van der Waals surface area contributed by atoms with Gasteiger partial charge in [-0.1, -0.05) is 12.1 Å². The fourth-order valence-corrected chi connectivity index (χ4v) is 1.64. The van der Waals surface area contributed by atoms with Crippen molar-refractivity contribution in [3.63, 3.8) is 0 Å². The average molecular weight is 256 g/mol. The van der Waals surface area contributed by atoms with Crippen LogP contribution in [-0.4, -0.2) is 0 Å². The maximum atomic E-state index is 13.5. The van der Waals surface area contributed by atoms with Crippen LogP contribution in [0.25, 0.3) is 0 Å². The van der Waals surface area contributed by atoms with Gasteiger partial charge in [-0.3, -0.25) is 0 Å². The molecule has 0 radical (unpaired) electrons. The highest BCUT2D eigenvalue weighted by molar-refractivity contribution is 5.34. The van der Waals surface area contributed by atoms with Crippen LogP contribution < -0.4 is 10.5 Å². The molecular formula is C15H13FN2O. The van der Waals surface area contributed by atoms with Gasteiger partial charge in [-0.05, 0) is 35.9 Å². The molecule has 19 heavy (non-hydrogen) atoms. The lowest BCUT2D eigenvalue weighted by Gasteiger charge is -2.08. The zero-order chi connectivity index (χ0) is 13.7. The van der Waals surface area contributed by atoms with Gasteiger partial charge in [-0.15, -0.1) is 0 Å². The van der Waals surface area contributed by atoms with Crippen LogP contribution in [0.1, 0.15) is 16.7 Å². The number of benzene rings is 2. The van der Waals surface area contributed by atoms with Gasteiger partial charge in [-0.25, -0.2) is 4.39 Å². The topological polar surface area (TPSA) is 59.0 Å². The highest BCUT2D eigenvalue weighted by Gasteiger charge is 2.04. The fourth-order valence-electron chi connectivity index (χ4n) is 1.64. The predicted molar refractivity (Wildman–Crippen MR) is 69.8 cm³/mol. The van der Waals surface area contributed by atoms with Gasteiger partial charge in [0.25, 0.3) is 0 Å². The molecule has 2 aromatic rings. The van der Waals surface area contributed by atoms with Crippen molar-refractivity contribution in [2.45, 2.75) is 13.2 Å². The molecule has 3 nitrogen and oxygen atoms in total. The fraction of sp³-hybridized carbons (Fsp3) is 0.133. The molecular weight excluding hydrogens is 243 g/mol. The molecule has 96 valence electrons. The molecule has 0 amide bonds. The first kappa shape index (κ1) is 13.1. The number of halogens is 1. The van der Waals surface area contributed by atoms with Gasteiger partial charge < -0.3 is 10.5 Å². The van der Waals surface area contributed by atoms with E-state index < -0.39 is 0 Å². The largest absolute Gasteiger partial charge is 0.489 e. The van der Waals surface area contributed by atoms with Crippen LogP contribution in [-0.2, 0) is 13.2 Å². The highest BCUT2D eigenvalue weighted by Crippen LogP contribution is 2.16. The third kappa shape index (κ3) is 3.30. The van der Waals surface area contributed by atoms with Crippen molar-refractivity contribution in [2.75, 3.05) is 0 Å². The molecule has 2 aromatic carbocycles. The molecule has 2 rings (SSSR count). The quantitative estimate of drug-likeness (QED) is 0.915. The maximum Gasteiger partial charge on any atom is 0.129 e. The molecule has 4 heteroatoms. The summed E-state index contributed by atoms with van der Waals surface area (Å²) in [5, 5.41) is 8.77. The summed E-state index contributed by atoms with van der Waals surface area (Å²) in [4.78, 5) is 0. The van der Waals surface area contributed by atoms with Gasteiger partial charge in [0.2, 0.25) is 0 Å². The van der Waals surface area contributed by atoms with Crippen LogP contribution in [0.4, 0.5) is 4.39 Å². The molecule has 0 saturated heterocycles. The summed E-state index contributed by atoms with van der Waals surface area (Å²) >= 11 is 0. The molecule has 0 fully saturated rings. The molecule has 0 aliphatic carbocycles. The molecule has 0 saturated carbocycles. The van der Waals surface area contributed by atoms with E-state index in [2.05, 4.69) is 0 Å². The first-order valence-corrected chi connectivity index (χ1v) is 5.83. The lowest BCUT2D eigenvalue weighted by atomic mass is 10.1. The second-order valence-corrected chi connectivity index (χ2v) is 4.05. The molecule has 0 aromatic heterocycles. The molecule has 0 spiro atoms. The molecule has 0 aliphatic heterocycles. The van der Waals surface area contributed by atoms with Crippen molar-refractivity contribution in [2.24, 2.45) is 5.73 Å². The number of ether oxygens (including phenoxy) is 1. The average Bonchev–Trinajstić information content (AvgIpc) is 2.47. The van der Waals surface area contributed by atoms with Crippen molar-refractivity contribution in [1.29, 1.82) is 5.26 Å². The van der Waals surface area contributed by atoms with E-state index in [4.69, 9.17) is 15.7 Å². The van der Waals surface area contributed by atoms with E-state index in [0.717, 1.165) is 5.56 Å². The van der Waals surface area contributed by atoms with E-state index in [1.54, 1.807) is 12.1 Å². The van der Waals surface area contributed by atoms with Crippen LogP contribution in [0.2, 0.25) is 0 Å². The molecule has 0 heterocycles. The number of nitrogens with two attached hydrogens (primary N) is 1. The summed E-state index contributed by atoms with van der Waals surface area (Å²) in [5.74, 6) is 0.261. The number of rotatable bonds is 4. The second kappa shape index (κ2) is 5.98. The Kier molecular flexibility index (Phi) is 4.11. The molecule has 0 unspecified atom stereocenters. The normalized spacial score (nSPS) is 9.95. The molecule has 0 atom stereocenters. The van der Waals surface area contributed by atoms with Gasteiger partial charge in [0, 0.05) is 12.1 Å². The van der Waals surface area contributed by atoms with Crippen molar-refractivity contribution < 1.29 is 9.13 Å². The van der Waals surface area contributed by atoms with Crippen molar-refractivity contribution in [3.8, 4) is 11.8 Å². The molecule has 0 aliphatic rings. The van der Waals surface area contributed by atoms with Crippen LogP contribution in [0.3, 0.4) is 0 Å². The zero-order valence-electron chi connectivity index (χ0n) is 10.3. The predicted octanol–water partition coefficient (Wildman–Crippen LogP) is 2.74. The Hall–Kier alpha value is -2.38. The number of nitriles is 1. The Labute approximate surface area is 111 Å². The van der Waals surface area contributed by atoms with Gasteiger partial charge in [0.05, 0.1) is 11.6 Å². The zero-order valence-corrected chi connectivity index (χ0v) is 10.3. The Morgan fingerprint density at radius 1 is 1.16 bits per heavy atom. The minimum atomic E-state index is -0.377. The van der Waals surface area contributed by atoms with E-state index in [1.165, 1.54) is 18.2 Å². The number of hydrogen-bond acceptors (Lipinski definition) is 3. The van der Waals surface area contributed by atoms with Crippen LogP contribution in [0, 0.1) is 17.1 Å².